The van der Waals surface area contributed by atoms with Gasteiger partial charge in [-0.3, -0.25) is 4.40 Å². The molecular weight excluding hydrogens is 292 g/mol. The molecule has 0 amide bonds. The molecule has 3 heterocycles. The Kier molecular flexibility index (Phi) is 3.08. The summed E-state index contributed by atoms with van der Waals surface area (Å²) in [6.07, 6.45) is 3.53. The van der Waals surface area contributed by atoms with Crippen molar-refractivity contribution in [3.05, 3.63) is 65.1 Å². The number of aromatic carboxylic acids is 1. The molecule has 1 N–H and O–H groups in total. The van der Waals surface area contributed by atoms with Crippen LogP contribution in [0.15, 0.2) is 42.6 Å². The van der Waals surface area contributed by atoms with E-state index in [4.69, 9.17) is 4.74 Å². The first-order chi connectivity index (χ1) is 11.1. The Labute approximate surface area is 133 Å². The minimum Gasteiger partial charge on any atom is -0.482 e. The number of pyridine rings is 1. The quantitative estimate of drug-likeness (QED) is 0.788. The second-order valence-electron chi connectivity index (χ2n) is 5.77. The molecule has 0 bridgehead atoms. The Morgan fingerprint density at radius 2 is 2.09 bits per heavy atom. The van der Waals surface area contributed by atoms with Crippen molar-refractivity contribution in [2.75, 3.05) is 0 Å². The van der Waals surface area contributed by atoms with Crippen molar-refractivity contribution < 1.29 is 14.6 Å². The summed E-state index contributed by atoms with van der Waals surface area (Å²) >= 11 is 0. The Bertz CT molecular complexity index is 900. The highest BCUT2D eigenvalue weighted by Gasteiger charge is 2.26. The first-order valence-corrected chi connectivity index (χ1v) is 7.60. The molecule has 1 aliphatic heterocycles. The summed E-state index contributed by atoms with van der Waals surface area (Å²) in [7, 11) is 0. The van der Waals surface area contributed by atoms with Crippen LogP contribution >= 0.6 is 0 Å². The van der Waals surface area contributed by atoms with E-state index in [-0.39, 0.29) is 11.8 Å². The maximum absolute atomic E-state index is 11.4. The molecule has 0 spiro atoms. The average molecular weight is 308 g/mol. The topological polar surface area (TPSA) is 63.8 Å². The van der Waals surface area contributed by atoms with Crippen LogP contribution in [0.5, 0.6) is 5.75 Å². The summed E-state index contributed by atoms with van der Waals surface area (Å²) in [5, 5.41) is 9.38. The summed E-state index contributed by atoms with van der Waals surface area (Å²) in [6, 6.07) is 12.0. The van der Waals surface area contributed by atoms with Crippen LogP contribution in [0.25, 0.3) is 5.65 Å². The molecule has 1 aromatic carbocycles. The predicted octanol–water partition coefficient (Wildman–Crippen LogP) is 3.41. The average Bonchev–Trinajstić information content (AvgIpc) is 2.91. The maximum Gasteiger partial charge on any atom is 0.354 e. The van der Waals surface area contributed by atoms with Crippen LogP contribution < -0.4 is 4.74 Å². The number of ether oxygens (including phenoxy) is 1. The molecule has 116 valence electrons. The number of carboxylic acid groups (broad SMARTS) is 1. The molecule has 2 aromatic heterocycles. The SMILES string of the molecule is Cc1nc2c3c(ccn2c1C(=O)O)CCC(c1ccccc1)O3. The predicted molar refractivity (Wildman–Crippen MR) is 85.0 cm³/mol. The number of aromatic nitrogens is 2. The normalized spacial score (nSPS) is 16.8. The number of hydrogen-bond acceptors (Lipinski definition) is 3. The molecule has 0 radical (unpaired) electrons. The number of benzene rings is 1. The van der Waals surface area contributed by atoms with E-state index in [2.05, 4.69) is 17.1 Å². The fourth-order valence-corrected chi connectivity index (χ4v) is 3.21. The van der Waals surface area contributed by atoms with Crippen molar-refractivity contribution in [3.8, 4) is 5.75 Å². The van der Waals surface area contributed by atoms with Crippen molar-refractivity contribution in [1.82, 2.24) is 9.38 Å². The summed E-state index contributed by atoms with van der Waals surface area (Å²) in [6.45, 7) is 1.71. The van der Waals surface area contributed by atoms with Crippen molar-refractivity contribution in [2.24, 2.45) is 0 Å². The van der Waals surface area contributed by atoms with Gasteiger partial charge in [0.15, 0.2) is 17.1 Å². The van der Waals surface area contributed by atoms with Crippen LogP contribution in [0.3, 0.4) is 0 Å². The van der Waals surface area contributed by atoms with Crippen molar-refractivity contribution >= 4 is 11.6 Å². The van der Waals surface area contributed by atoms with Gasteiger partial charge in [-0.1, -0.05) is 30.3 Å². The van der Waals surface area contributed by atoms with E-state index in [1.807, 2.05) is 24.3 Å². The lowest BCUT2D eigenvalue weighted by Crippen LogP contribution is -2.16. The fourth-order valence-electron chi connectivity index (χ4n) is 3.21. The molecular formula is C18H16N2O3. The van der Waals surface area contributed by atoms with E-state index in [9.17, 15) is 9.90 Å². The molecule has 1 atom stereocenters. The third-order valence-corrected chi connectivity index (χ3v) is 4.31. The third kappa shape index (κ3) is 2.16. The molecule has 0 aliphatic carbocycles. The Morgan fingerprint density at radius 3 is 2.83 bits per heavy atom. The van der Waals surface area contributed by atoms with Crippen molar-refractivity contribution in [1.29, 1.82) is 0 Å². The lowest BCUT2D eigenvalue weighted by molar-refractivity contribution is 0.0688. The van der Waals surface area contributed by atoms with Gasteiger partial charge in [-0.2, -0.15) is 0 Å². The van der Waals surface area contributed by atoms with E-state index in [0.29, 0.717) is 17.1 Å². The number of imidazole rings is 1. The number of aryl methyl sites for hydroxylation is 2. The molecule has 5 heteroatoms. The highest BCUT2D eigenvalue weighted by Crippen LogP contribution is 2.37. The Hall–Kier alpha value is -2.82. The molecule has 0 fully saturated rings. The number of fused-ring (bicyclic) bond motifs is 3. The van der Waals surface area contributed by atoms with Gasteiger partial charge < -0.3 is 9.84 Å². The lowest BCUT2D eigenvalue weighted by atomic mass is 9.98. The zero-order valence-corrected chi connectivity index (χ0v) is 12.7. The van der Waals surface area contributed by atoms with E-state index in [1.165, 1.54) is 0 Å². The molecule has 4 rings (SSSR count). The van der Waals surface area contributed by atoms with Crippen molar-refractivity contribution in [3.63, 3.8) is 0 Å². The molecule has 0 saturated carbocycles. The highest BCUT2D eigenvalue weighted by molar-refractivity contribution is 5.89. The van der Waals surface area contributed by atoms with Gasteiger partial charge in [0.1, 0.15) is 6.10 Å². The number of carbonyl (C=O) groups is 1. The van der Waals surface area contributed by atoms with Crippen LogP contribution in [0.1, 0.15) is 39.8 Å². The van der Waals surface area contributed by atoms with Gasteiger partial charge >= 0.3 is 5.97 Å². The van der Waals surface area contributed by atoms with Crippen LogP contribution in [0.4, 0.5) is 0 Å². The van der Waals surface area contributed by atoms with Gasteiger partial charge in [-0.25, -0.2) is 9.78 Å². The van der Waals surface area contributed by atoms with Gasteiger partial charge in [-0.15, -0.1) is 0 Å². The van der Waals surface area contributed by atoms with E-state index >= 15 is 0 Å². The highest BCUT2D eigenvalue weighted by atomic mass is 16.5. The number of hydrogen-bond donors (Lipinski definition) is 1. The molecule has 1 aliphatic rings. The molecule has 5 nitrogen and oxygen atoms in total. The summed E-state index contributed by atoms with van der Waals surface area (Å²) in [4.78, 5) is 15.9. The van der Waals surface area contributed by atoms with Crippen LogP contribution in [-0.4, -0.2) is 20.5 Å². The van der Waals surface area contributed by atoms with E-state index < -0.39 is 5.97 Å². The van der Waals surface area contributed by atoms with Gasteiger partial charge in [0.2, 0.25) is 0 Å². The Morgan fingerprint density at radius 1 is 1.30 bits per heavy atom. The second-order valence-corrected chi connectivity index (χ2v) is 5.77. The largest absolute Gasteiger partial charge is 0.482 e. The minimum atomic E-state index is -0.981. The second kappa shape index (κ2) is 5.12. The van der Waals surface area contributed by atoms with Crippen LogP contribution in [0.2, 0.25) is 0 Å². The van der Waals surface area contributed by atoms with E-state index in [0.717, 1.165) is 24.0 Å². The van der Waals surface area contributed by atoms with Gasteiger partial charge in [0.25, 0.3) is 0 Å². The molecule has 0 saturated heterocycles. The standard InChI is InChI=1S/C18H16N2O3/c1-11-15(18(21)22)20-10-9-13-7-8-14(12-5-3-2-4-6-12)23-16(13)17(20)19-11/h2-6,9-10,14H,7-8H2,1H3,(H,21,22). The van der Waals surface area contributed by atoms with Gasteiger partial charge in [0, 0.05) is 6.20 Å². The van der Waals surface area contributed by atoms with Gasteiger partial charge in [0.05, 0.1) is 5.69 Å². The van der Waals surface area contributed by atoms with Crippen LogP contribution in [0, 0.1) is 6.92 Å². The van der Waals surface area contributed by atoms with Crippen molar-refractivity contribution in [2.45, 2.75) is 25.9 Å². The summed E-state index contributed by atoms with van der Waals surface area (Å²) in [5.74, 6) is -0.284. The fraction of sp³-hybridized carbons (Fsp3) is 0.222. The smallest absolute Gasteiger partial charge is 0.354 e. The summed E-state index contributed by atoms with van der Waals surface area (Å²) in [5.41, 5.74) is 3.47. The van der Waals surface area contributed by atoms with Gasteiger partial charge in [-0.05, 0) is 37.0 Å². The molecule has 1 unspecified atom stereocenters. The Balaban J connectivity index is 1.84. The third-order valence-electron chi connectivity index (χ3n) is 4.31. The molecule has 23 heavy (non-hydrogen) atoms. The number of rotatable bonds is 2. The first-order valence-electron chi connectivity index (χ1n) is 7.60. The monoisotopic (exact) mass is 308 g/mol. The minimum absolute atomic E-state index is 0.0276. The lowest BCUT2D eigenvalue weighted by Gasteiger charge is -2.26. The number of carboxylic acids is 1. The summed E-state index contributed by atoms with van der Waals surface area (Å²) < 4.78 is 7.80. The van der Waals surface area contributed by atoms with Crippen LogP contribution in [-0.2, 0) is 6.42 Å². The number of nitrogens with zero attached hydrogens (tertiary/aromatic N) is 2. The maximum atomic E-state index is 11.4. The first kappa shape index (κ1) is 13.8. The van der Waals surface area contributed by atoms with E-state index in [1.54, 1.807) is 17.5 Å². The zero-order chi connectivity index (χ0) is 16.0. The zero-order valence-electron chi connectivity index (χ0n) is 12.7. The molecule has 3 aromatic rings.